The summed E-state index contributed by atoms with van der Waals surface area (Å²) in [5, 5.41) is 14.9. The molecular formula is C15H28N2O4. The van der Waals surface area contributed by atoms with E-state index in [0.717, 1.165) is 19.4 Å². The zero-order chi connectivity index (χ0) is 15.7. The summed E-state index contributed by atoms with van der Waals surface area (Å²) in [5.74, 6) is -0.490. The van der Waals surface area contributed by atoms with Crippen molar-refractivity contribution >= 4 is 11.9 Å². The van der Waals surface area contributed by atoms with Gasteiger partial charge in [0.15, 0.2) is 0 Å². The maximum atomic E-state index is 12.1. The highest BCUT2D eigenvalue weighted by Gasteiger charge is 2.33. The van der Waals surface area contributed by atoms with Crippen LogP contribution in [0.5, 0.6) is 0 Å². The fraction of sp³-hybridized carbons (Fsp3) is 0.867. The van der Waals surface area contributed by atoms with Crippen LogP contribution >= 0.6 is 0 Å². The van der Waals surface area contributed by atoms with E-state index in [2.05, 4.69) is 17.6 Å². The molecule has 21 heavy (non-hydrogen) atoms. The Morgan fingerprint density at radius 3 is 2.67 bits per heavy atom. The Balaban J connectivity index is 2.26. The number of carbonyl (C=O) groups excluding carboxylic acids is 1. The predicted octanol–water partition coefficient (Wildman–Crippen LogP) is 1.01. The first-order chi connectivity index (χ1) is 10.1. The van der Waals surface area contributed by atoms with Crippen molar-refractivity contribution in [2.24, 2.45) is 11.8 Å². The standard InChI is InChI=1S/C15H28N2O4/c1-3-11(5-6-14(18)19)7-8-17-15(20)12-9-21-10-13(12)16-4-2/h11-13,16H,3-10H2,1-2H3,(H,17,20)(H,18,19). The average Bonchev–Trinajstić information content (AvgIpc) is 2.91. The second kappa shape index (κ2) is 9.73. The van der Waals surface area contributed by atoms with Crippen LogP contribution in [-0.2, 0) is 14.3 Å². The second-order valence-corrected chi connectivity index (χ2v) is 5.59. The van der Waals surface area contributed by atoms with Gasteiger partial charge in [0, 0.05) is 19.0 Å². The molecule has 0 aromatic rings. The number of carboxylic acid groups (broad SMARTS) is 1. The van der Waals surface area contributed by atoms with Crippen LogP contribution in [0.1, 0.15) is 39.5 Å². The van der Waals surface area contributed by atoms with Gasteiger partial charge in [-0.3, -0.25) is 9.59 Å². The smallest absolute Gasteiger partial charge is 0.303 e. The van der Waals surface area contributed by atoms with Crippen LogP contribution in [0.2, 0.25) is 0 Å². The normalized spacial score (nSPS) is 23.0. The minimum atomic E-state index is -0.755. The van der Waals surface area contributed by atoms with E-state index in [1.54, 1.807) is 0 Å². The molecule has 1 heterocycles. The molecular weight excluding hydrogens is 272 g/mol. The third kappa shape index (κ3) is 6.44. The van der Waals surface area contributed by atoms with Gasteiger partial charge < -0.3 is 20.5 Å². The van der Waals surface area contributed by atoms with Gasteiger partial charge in [-0.15, -0.1) is 0 Å². The molecule has 3 atom stereocenters. The lowest BCUT2D eigenvalue weighted by Gasteiger charge is -2.19. The lowest BCUT2D eigenvalue weighted by Crippen LogP contribution is -2.44. The third-order valence-electron chi connectivity index (χ3n) is 4.08. The summed E-state index contributed by atoms with van der Waals surface area (Å²) in [6, 6.07) is 0.101. The van der Waals surface area contributed by atoms with Crippen LogP contribution in [-0.4, -0.2) is 49.3 Å². The Labute approximate surface area is 126 Å². The van der Waals surface area contributed by atoms with Crippen molar-refractivity contribution in [2.45, 2.75) is 45.6 Å². The van der Waals surface area contributed by atoms with E-state index in [0.29, 0.717) is 32.1 Å². The number of carboxylic acids is 1. The van der Waals surface area contributed by atoms with Crippen LogP contribution < -0.4 is 10.6 Å². The Bertz CT molecular complexity index is 336. The molecule has 122 valence electrons. The van der Waals surface area contributed by atoms with Crippen LogP contribution in [0.3, 0.4) is 0 Å². The molecule has 1 fully saturated rings. The highest BCUT2D eigenvalue weighted by molar-refractivity contribution is 5.79. The van der Waals surface area contributed by atoms with Gasteiger partial charge in [0.25, 0.3) is 0 Å². The van der Waals surface area contributed by atoms with E-state index in [-0.39, 0.29) is 24.3 Å². The van der Waals surface area contributed by atoms with Crippen molar-refractivity contribution in [3.8, 4) is 0 Å². The Morgan fingerprint density at radius 2 is 2.05 bits per heavy atom. The molecule has 1 aliphatic heterocycles. The predicted molar refractivity (Wildman–Crippen MR) is 80.1 cm³/mol. The van der Waals surface area contributed by atoms with E-state index < -0.39 is 5.97 Å². The highest BCUT2D eigenvalue weighted by Crippen LogP contribution is 2.16. The minimum absolute atomic E-state index is 0.0338. The summed E-state index contributed by atoms with van der Waals surface area (Å²) in [6.07, 6.45) is 2.64. The summed E-state index contributed by atoms with van der Waals surface area (Å²) in [6.45, 7) is 6.56. The number of amides is 1. The number of carbonyl (C=O) groups is 2. The Hall–Kier alpha value is -1.14. The number of ether oxygens (including phenoxy) is 1. The van der Waals surface area contributed by atoms with E-state index in [4.69, 9.17) is 9.84 Å². The number of likely N-dealkylation sites (N-methyl/N-ethyl adjacent to an activating group) is 1. The molecule has 0 aromatic carbocycles. The van der Waals surface area contributed by atoms with Crippen LogP contribution in [0, 0.1) is 11.8 Å². The van der Waals surface area contributed by atoms with Gasteiger partial charge in [0.1, 0.15) is 0 Å². The first-order valence-electron chi connectivity index (χ1n) is 7.89. The summed E-state index contributed by atoms with van der Waals surface area (Å²) < 4.78 is 5.37. The first kappa shape index (κ1) is 17.9. The number of aliphatic carboxylic acids is 1. The Morgan fingerprint density at radius 1 is 1.29 bits per heavy atom. The second-order valence-electron chi connectivity index (χ2n) is 5.59. The minimum Gasteiger partial charge on any atom is -0.481 e. The van der Waals surface area contributed by atoms with Crippen LogP contribution in [0.25, 0.3) is 0 Å². The zero-order valence-corrected chi connectivity index (χ0v) is 13.1. The molecule has 0 spiro atoms. The molecule has 6 heteroatoms. The summed E-state index contributed by atoms with van der Waals surface area (Å²) in [4.78, 5) is 22.7. The molecule has 1 aliphatic rings. The van der Waals surface area contributed by atoms with Crippen LogP contribution in [0.15, 0.2) is 0 Å². The molecule has 1 amide bonds. The van der Waals surface area contributed by atoms with Crippen molar-refractivity contribution in [3.63, 3.8) is 0 Å². The summed E-state index contributed by atoms with van der Waals surface area (Å²) >= 11 is 0. The van der Waals surface area contributed by atoms with Crippen molar-refractivity contribution < 1.29 is 19.4 Å². The number of hydrogen-bond acceptors (Lipinski definition) is 4. The van der Waals surface area contributed by atoms with Crippen molar-refractivity contribution in [1.29, 1.82) is 0 Å². The molecule has 6 nitrogen and oxygen atoms in total. The molecule has 1 saturated heterocycles. The quantitative estimate of drug-likeness (QED) is 0.560. The molecule has 0 radical (unpaired) electrons. The number of hydrogen-bond donors (Lipinski definition) is 3. The van der Waals surface area contributed by atoms with E-state index in [9.17, 15) is 9.59 Å². The number of rotatable bonds is 10. The average molecular weight is 300 g/mol. The molecule has 1 rings (SSSR count). The van der Waals surface area contributed by atoms with Gasteiger partial charge in [0.05, 0.1) is 19.1 Å². The summed E-state index contributed by atoms with van der Waals surface area (Å²) in [5.41, 5.74) is 0. The van der Waals surface area contributed by atoms with Gasteiger partial charge in [-0.1, -0.05) is 20.3 Å². The molecule has 3 N–H and O–H groups in total. The zero-order valence-electron chi connectivity index (χ0n) is 13.1. The van der Waals surface area contributed by atoms with E-state index in [1.165, 1.54) is 0 Å². The molecule has 0 aliphatic carbocycles. The maximum Gasteiger partial charge on any atom is 0.303 e. The third-order valence-corrected chi connectivity index (χ3v) is 4.08. The molecule has 0 saturated carbocycles. The highest BCUT2D eigenvalue weighted by atomic mass is 16.5. The maximum absolute atomic E-state index is 12.1. The topological polar surface area (TPSA) is 87.7 Å². The monoisotopic (exact) mass is 300 g/mol. The lowest BCUT2D eigenvalue weighted by atomic mass is 9.96. The summed E-state index contributed by atoms with van der Waals surface area (Å²) in [7, 11) is 0. The van der Waals surface area contributed by atoms with Gasteiger partial charge in [-0.05, 0) is 25.3 Å². The van der Waals surface area contributed by atoms with Gasteiger partial charge in [-0.25, -0.2) is 0 Å². The van der Waals surface area contributed by atoms with Crippen molar-refractivity contribution in [1.82, 2.24) is 10.6 Å². The van der Waals surface area contributed by atoms with Crippen molar-refractivity contribution in [3.05, 3.63) is 0 Å². The molecule has 0 aromatic heterocycles. The lowest BCUT2D eigenvalue weighted by molar-refractivity contribution is -0.137. The van der Waals surface area contributed by atoms with Gasteiger partial charge >= 0.3 is 5.97 Å². The van der Waals surface area contributed by atoms with Gasteiger partial charge in [-0.2, -0.15) is 0 Å². The van der Waals surface area contributed by atoms with E-state index in [1.807, 2.05) is 6.92 Å². The van der Waals surface area contributed by atoms with Gasteiger partial charge in [0.2, 0.25) is 5.91 Å². The Kier molecular flexibility index (Phi) is 8.30. The fourth-order valence-corrected chi connectivity index (χ4v) is 2.69. The SMILES string of the molecule is CCNC1COCC1C(=O)NCCC(CC)CCC(=O)O. The molecule has 0 bridgehead atoms. The number of nitrogens with one attached hydrogen (secondary N) is 2. The first-order valence-corrected chi connectivity index (χ1v) is 7.89. The molecule has 3 unspecified atom stereocenters. The largest absolute Gasteiger partial charge is 0.481 e. The van der Waals surface area contributed by atoms with Crippen LogP contribution in [0.4, 0.5) is 0 Å². The van der Waals surface area contributed by atoms with E-state index >= 15 is 0 Å². The van der Waals surface area contributed by atoms with Crippen molar-refractivity contribution in [2.75, 3.05) is 26.3 Å². The fourth-order valence-electron chi connectivity index (χ4n) is 2.69.